The van der Waals surface area contributed by atoms with Crippen molar-refractivity contribution in [2.45, 2.75) is 32.8 Å². The van der Waals surface area contributed by atoms with Gasteiger partial charge in [-0.1, -0.05) is 30.3 Å². The number of nitrogens with zero attached hydrogens (tertiary/aromatic N) is 2. The third kappa shape index (κ3) is 4.56. The van der Waals surface area contributed by atoms with Gasteiger partial charge in [-0.2, -0.15) is 0 Å². The number of halogens is 1. The summed E-state index contributed by atoms with van der Waals surface area (Å²) in [4.78, 5) is 31.5. The highest BCUT2D eigenvalue weighted by Gasteiger charge is 2.54. The number of hydrogen-bond donors (Lipinski definition) is 1. The van der Waals surface area contributed by atoms with Crippen LogP contribution >= 0.6 is 0 Å². The maximum atomic E-state index is 14.1. The molecule has 0 bridgehead atoms. The molecule has 7 heteroatoms. The second kappa shape index (κ2) is 9.80. The number of aromatic nitrogens is 1. The van der Waals surface area contributed by atoms with E-state index >= 15 is 0 Å². The lowest BCUT2D eigenvalue weighted by molar-refractivity contribution is -0.144. The lowest BCUT2D eigenvalue weighted by Gasteiger charge is -2.48. The number of rotatable bonds is 4. The highest BCUT2D eigenvalue weighted by atomic mass is 19.1. The minimum atomic E-state index is -0.268. The number of carbonyl (C=O) groups excluding carboxylic acids is 2. The Kier molecular flexibility index (Phi) is 6.58. The number of urea groups is 1. The lowest BCUT2D eigenvalue weighted by atomic mass is 9.59. The zero-order valence-electron chi connectivity index (χ0n) is 20.2. The van der Waals surface area contributed by atoms with E-state index in [9.17, 15) is 14.0 Å². The van der Waals surface area contributed by atoms with Crippen LogP contribution < -0.4 is 5.32 Å². The molecule has 2 amide bonds. The topological polar surface area (TPSA) is 71.5 Å². The number of esters is 1. The fraction of sp³-hybridized carbons (Fsp3) is 0.464. The molecule has 1 saturated carbocycles. The number of nitrogens with one attached hydrogen (secondary N) is 1. The van der Waals surface area contributed by atoms with Crippen LogP contribution in [0.5, 0.6) is 0 Å². The minimum Gasteiger partial charge on any atom is -0.462 e. The van der Waals surface area contributed by atoms with Gasteiger partial charge in [0.05, 0.1) is 11.6 Å². The quantitative estimate of drug-likeness (QED) is 0.644. The van der Waals surface area contributed by atoms with Gasteiger partial charge in [-0.05, 0) is 62.7 Å². The summed E-state index contributed by atoms with van der Waals surface area (Å²) in [6.45, 7) is 5.90. The van der Waals surface area contributed by atoms with Gasteiger partial charge < -0.3 is 15.0 Å². The van der Waals surface area contributed by atoms with Gasteiger partial charge in [0, 0.05) is 42.9 Å². The molecule has 0 spiro atoms. The Hall–Kier alpha value is -3.22. The molecule has 6 nitrogen and oxygen atoms in total. The molecule has 5 rings (SSSR count). The van der Waals surface area contributed by atoms with Crippen molar-refractivity contribution in [3.63, 3.8) is 0 Å². The highest BCUT2D eigenvalue weighted by molar-refractivity contribution is 5.76. The first kappa shape index (κ1) is 23.5. The van der Waals surface area contributed by atoms with Gasteiger partial charge in [-0.3, -0.25) is 9.78 Å². The number of benzene rings is 1. The molecule has 3 aliphatic rings. The average molecular weight is 478 g/mol. The molecule has 1 aliphatic carbocycles. The van der Waals surface area contributed by atoms with E-state index in [0.717, 1.165) is 24.1 Å². The van der Waals surface area contributed by atoms with Gasteiger partial charge in [0.15, 0.2) is 0 Å². The van der Waals surface area contributed by atoms with Gasteiger partial charge in [-0.15, -0.1) is 0 Å². The highest BCUT2D eigenvalue weighted by Crippen LogP contribution is 2.51. The number of carbonyl (C=O) groups is 2. The fourth-order valence-corrected chi connectivity index (χ4v) is 6.37. The Balaban J connectivity index is 1.37. The molecule has 1 aromatic heterocycles. The Morgan fingerprint density at radius 3 is 2.86 bits per heavy atom. The summed E-state index contributed by atoms with van der Waals surface area (Å²) in [5, 5.41) is 2.90. The van der Waals surface area contributed by atoms with E-state index in [2.05, 4.69) is 16.4 Å². The van der Waals surface area contributed by atoms with E-state index < -0.39 is 0 Å². The van der Waals surface area contributed by atoms with Gasteiger partial charge in [0.2, 0.25) is 0 Å². The van der Waals surface area contributed by atoms with Crippen molar-refractivity contribution in [3.05, 3.63) is 60.2 Å². The predicted octanol–water partition coefficient (Wildman–Crippen LogP) is 4.77. The largest absolute Gasteiger partial charge is 0.462 e. The first-order valence-electron chi connectivity index (χ1n) is 12.6. The molecule has 1 aromatic carbocycles. The zero-order valence-corrected chi connectivity index (χ0v) is 20.2. The summed E-state index contributed by atoms with van der Waals surface area (Å²) < 4.78 is 19.8. The van der Waals surface area contributed by atoms with Gasteiger partial charge in [0.25, 0.3) is 0 Å². The molecule has 2 saturated heterocycles. The third-order valence-electron chi connectivity index (χ3n) is 7.98. The summed E-state index contributed by atoms with van der Waals surface area (Å²) in [5.41, 5.74) is 2.06. The molecule has 2 aliphatic heterocycles. The van der Waals surface area contributed by atoms with Crippen LogP contribution in [0.15, 0.2) is 48.7 Å². The van der Waals surface area contributed by atoms with Crippen LogP contribution in [-0.2, 0) is 9.53 Å². The summed E-state index contributed by atoms with van der Waals surface area (Å²) in [5.74, 6) is 0.437. The Labute approximate surface area is 205 Å². The second-order valence-corrected chi connectivity index (χ2v) is 9.94. The van der Waals surface area contributed by atoms with Crippen molar-refractivity contribution in [1.82, 2.24) is 15.2 Å². The summed E-state index contributed by atoms with van der Waals surface area (Å²) in [6, 6.07) is 10.4. The molecular formula is C28H32FN3O3. The van der Waals surface area contributed by atoms with E-state index in [1.807, 2.05) is 43.0 Å². The Morgan fingerprint density at radius 1 is 1.29 bits per heavy atom. The van der Waals surface area contributed by atoms with Crippen molar-refractivity contribution in [2.75, 3.05) is 19.6 Å². The number of ether oxygens (including phenoxy) is 1. The van der Waals surface area contributed by atoms with Gasteiger partial charge in [-0.25, -0.2) is 9.18 Å². The normalized spacial score (nSPS) is 30.0. The Bertz CT molecular complexity index is 1120. The van der Waals surface area contributed by atoms with Gasteiger partial charge >= 0.3 is 12.0 Å². The van der Waals surface area contributed by atoms with Crippen LogP contribution in [0.1, 0.15) is 32.4 Å². The van der Waals surface area contributed by atoms with Crippen LogP contribution in [0.4, 0.5) is 9.18 Å². The number of piperidine rings is 1. The monoisotopic (exact) mass is 477 g/mol. The Morgan fingerprint density at radius 2 is 2.11 bits per heavy atom. The lowest BCUT2D eigenvalue weighted by Crippen LogP contribution is -2.53. The van der Waals surface area contributed by atoms with E-state index in [-0.39, 0.29) is 47.6 Å². The number of pyridine rings is 1. The molecule has 3 fully saturated rings. The fourth-order valence-electron chi connectivity index (χ4n) is 6.37. The minimum absolute atomic E-state index is 0.0262. The molecule has 0 radical (unpaired) electrons. The second-order valence-electron chi connectivity index (χ2n) is 9.94. The van der Waals surface area contributed by atoms with E-state index in [1.165, 1.54) is 6.07 Å². The third-order valence-corrected chi connectivity index (χ3v) is 7.98. The molecule has 2 aromatic rings. The van der Waals surface area contributed by atoms with E-state index in [4.69, 9.17) is 4.74 Å². The summed E-state index contributed by atoms with van der Waals surface area (Å²) in [7, 11) is 0. The molecule has 35 heavy (non-hydrogen) atoms. The van der Waals surface area contributed by atoms with E-state index in [1.54, 1.807) is 18.3 Å². The molecule has 6 atom stereocenters. The molecule has 3 heterocycles. The summed E-state index contributed by atoms with van der Waals surface area (Å²) >= 11 is 0. The SMILES string of the molecule is CCNC(=O)N1CCC2C(CC3C(=O)OC(C)C3C2/C=C/c2ccc(-c3ccccc3F)cn2)C1. The van der Waals surface area contributed by atoms with Crippen molar-refractivity contribution in [2.24, 2.45) is 29.6 Å². The number of hydrogen-bond acceptors (Lipinski definition) is 4. The molecular weight excluding hydrogens is 445 g/mol. The predicted molar refractivity (Wildman–Crippen MR) is 132 cm³/mol. The maximum Gasteiger partial charge on any atom is 0.317 e. The number of fused-ring (bicyclic) bond motifs is 2. The number of likely N-dealkylation sites (tertiary alicyclic amines) is 1. The van der Waals surface area contributed by atoms with E-state index in [0.29, 0.717) is 31.1 Å². The molecule has 6 unspecified atom stereocenters. The van der Waals surface area contributed by atoms with Crippen LogP contribution in [0.25, 0.3) is 17.2 Å². The van der Waals surface area contributed by atoms with Crippen molar-refractivity contribution < 1.29 is 18.7 Å². The smallest absolute Gasteiger partial charge is 0.317 e. The van der Waals surface area contributed by atoms with Crippen molar-refractivity contribution >= 4 is 18.1 Å². The van der Waals surface area contributed by atoms with Crippen LogP contribution in [0.2, 0.25) is 0 Å². The first-order chi connectivity index (χ1) is 17.0. The van der Waals surface area contributed by atoms with Crippen molar-refractivity contribution in [3.8, 4) is 11.1 Å². The molecule has 1 N–H and O–H groups in total. The van der Waals surface area contributed by atoms with Crippen molar-refractivity contribution in [1.29, 1.82) is 0 Å². The molecule has 184 valence electrons. The standard InChI is InChI=1S/C28H32FN3O3/c1-3-30-28(34)32-13-12-21-19(16-32)14-24-26(17(2)35-27(24)33)23(21)11-10-20-9-8-18(15-31-20)22-6-4-5-7-25(22)29/h4-11,15,17,19,21,23-24,26H,3,12-14,16H2,1-2H3,(H,30,34)/b11-10+. The van der Waals surface area contributed by atoms with Gasteiger partial charge in [0.1, 0.15) is 11.9 Å². The average Bonchev–Trinajstić information content (AvgIpc) is 3.15. The summed E-state index contributed by atoms with van der Waals surface area (Å²) in [6.07, 6.45) is 7.46. The van der Waals surface area contributed by atoms with Crippen LogP contribution in [-0.4, -0.2) is 47.6 Å². The number of amides is 2. The van der Waals surface area contributed by atoms with Crippen LogP contribution in [0.3, 0.4) is 0 Å². The maximum absolute atomic E-state index is 14.1. The number of allylic oxidation sites excluding steroid dienone is 1. The zero-order chi connectivity index (χ0) is 24.5. The van der Waals surface area contributed by atoms with Crippen LogP contribution in [0, 0.1) is 35.4 Å². The number of cyclic esters (lactones) is 1. The first-order valence-corrected chi connectivity index (χ1v) is 12.6.